The van der Waals surface area contributed by atoms with Crippen LogP contribution in [0.3, 0.4) is 0 Å². The van der Waals surface area contributed by atoms with Gasteiger partial charge < -0.3 is 4.74 Å². The molecule has 1 heterocycles. The summed E-state index contributed by atoms with van der Waals surface area (Å²) >= 11 is 0. The normalized spacial score (nSPS) is 35.4. The smallest absolute Gasteiger partial charge is 0.343 e. The zero-order valence-corrected chi connectivity index (χ0v) is 6.95. The number of allylic oxidation sites excluding steroid dienone is 2. The highest BCUT2D eigenvalue weighted by Crippen LogP contribution is 2.44. The fourth-order valence-corrected chi connectivity index (χ4v) is 2.42. The molecule has 0 aromatic heterocycles. The number of rotatable bonds is 0. The second-order valence-corrected chi connectivity index (χ2v) is 3.68. The number of hydrogen-bond acceptors (Lipinski definition) is 3. The molecule has 3 heteroatoms. The van der Waals surface area contributed by atoms with Crippen molar-refractivity contribution < 1.29 is 14.3 Å². The first-order chi connectivity index (χ1) is 6.27. The summed E-state index contributed by atoms with van der Waals surface area (Å²) in [5, 5.41) is 0. The van der Waals surface area contributed by atoms with Gasteiger partial charge in [-0.05, 0) is 12.8 Å². The first-order valence-electron chi connectivity index (χ1n) is 4.46. The van der Waals surface area contributed by atoms with Crippen LogP contribution >= 0.6 is 0 Å². The van der Waals surface area contributed by atoms with Crippen molar-refractivity contribution in [3.05, 3.63) is 23.3 Å². The monoisotopic (exact) mass is 176 g/mol. The van der Waals surface area contributed by atoms with Crippen LogP contribution in [0.5, 0.6) is 0 Å². The standard InChI is InChI=1S/C10H8O3/c11-9-7-5-1-2-6(4-3-5)8(7)10(12)13-9/h1-2,5-6H,3-4H2/t5-,6+. The van der Waals surface area contributed by atoms with Crippen molar-refractivity contribution >= 4 is 11.9 Å². The van der Waals surface area contributed by atoms with Crippen LogP contribution in [-0.4, -0.2) is 11.9 Å². The minimum Gasteiger partial charge on any atom is -0.386 e. The van der Waals surface area contributed by atoms with Gasteiger partial charge >= 0.3 is 11.9 Å². The second kappa shape index (κ2) is 2.10. The summed E-state index contributed by atoms with van der Waals surface area (Å²) < 4.78 is 4.60. The molecule has 0 saturated heterocycles. The summed E-state index contributed by atoms with van der Waals surface area (Å²) in [6, 6.07) is 0. The number of carbonyl (C=O) groups is 2. The largest absolute Gasteiger partial charge is 0.386 e. The summed E-state index contributed by atoms with van der Waals surface area (Å²) in [4.78, 5) is 22.5. The van der Waals surface area contributed by atoms with E-state index in [1.807, 2.05) is 12.2 Å². The molecule has 0 radical (unpaired) electrons. The van der Waals surface area contributed by atoms with E-state index in [9.17, 15) is 9.59 Å². The van der Waals surface area contributed by atoms with Crippen molar-refractivity contribution in [3.8, 4) is 0 Å². The van der Waals surface area contributed by atoms with Crippen LogP contribution in [0.4, 0.5) is 0 Å². The van der Waals surface area contributed by atoms with Gasteiger partial charge in [-0.3, -0.25) is 0 Å². The van der Waals surface area contributed by atoms with Crippen molar-refractivity contribution in [1.29, 1.82) is 0 Å². The second-order valence-electron chi connectivity index (χ2n) is 3.68. The molecule has 1 aliphatic heterocycles. The number of hydrogen-bond donors (Lipinski definition) is 0. The topological polar surface area (TPSA) is 43.4 Å². The molecule has 0 spiro atoms. The molecule has 2 atom stereocenters. The number of esters is 2. The average Bonchev–Trinajstić information content (AvgIpc) is 2.47. The highest BCUT2D eigenvalue weighted by molar-refractivity contribution is 6.13. The van der Waals surface area contributed by atoms with Gasteiger partial charge in [0.15, 0.2) is 0 Å². The quantitative estimate of drug-likeness (QED) is 0.313. The molecule has 0 amide bonds. The van der Waals surface area contributed by atoms with Crippen LogP contribution in [0.15, 0.2) is 23.3 Å². The van der Waals surface area contributed by atoms with Gasteiger partial charge in [0.05, 0.1) is 11.1 Å². The first kappa shape index (κ1) is 7.06. The molecule has 2 bridgehead atoms. The van der Waals surface area contributed by atoms with Gasteiger partial charge in [-0.1, -0.05) is 12.2 Å². The summed E-state index contributed by atoms with van der Waals surface area (Å²) in [5.41, 5.74) is 1.26. The van der Waals surface area contributed by atoms with Gasteiger partial charge in [-0.15, -0.1) is 0 Å². The van der Waals surface area contributed by atoms with Crippen molar-refractivity contribution in [1.82, 2.24) is 0 Å². The Balaban J connectivity index is 2.19. The average molecular weight is 176 g/mol. The molecular weight excluding hydrogens is 168 g/mol. The van der Waals surface area contributed by atoms with E-state index in [1.165, 1.54) is 0 Å². The first-order valence-corrected chi connectivity index (χ1v) is 4.46. The molecule has 4 aliphatic rings. The van der Waals surface area contributed by atoms with E-state index >= 15 is 0 Å². The summed E-state index contributed by atoms with van der Waals surface area (Å²) in [6.45, 7) is 0. The van der Waals surface area contributed by atoms with Gasteiger partial charge in [0, 0.05) is 11.8 Å². The van der Waals surface area contributed by atoms with E-state index in [2.05, 4.69) is 4.74 Å². The predicted molar refractivity (Wildman–Crippen MR) is 43.5 cm³/mol. The summed E-state index contributed by atoms with van der Waals surface area (Å²) in [6.07, 6.45) is 5.99. The van der Waals surface area contributed by atoms with Gasteiger partial charge in [0.2, 0.25) is 0 Å². The van der Waals surface area contributed by atoms with Crippen molar-refractivity contribution in [2.45, 2.75) is 12.8 Å². The van der Waals surface area contributed by atoms with Crippen molar-refractivity contribution in [2.24, 2.45) is 11.8 Å². The SMILES string of the molecule is O=C1OC(=O)C2=C1[C@@H]1C=C[C@H]2CC1. The molecule has 0 aromatic carbocycles. The number of ether oxygens (including phenoxy) is 1. The van der Waals surface area contributed by atoms with Crippen LogP contribution < -0.4 is 0 Å². The lowest BCUT2D eigenvalue weighted by atomic mass is 9.72. The molecule has 0 saturated carbocycles. The van der Waals surface area contributed by atoms with E-state index in [4.69, 9.17) is 0 Å². The van der Waals surface area contributed by atoms with Crippen LogP contribution in [0.2, 0.25) is 0 Å². The van der Waals surface area contributed by atoms with Gasteiger partial charge in [-0.2, -0.15) is 0 Å². The Morgan fingerprint density at radius 1 is 1.00 bits per heavy atom. The van der Waals surface area contributed by atoms with Crippen LogP contribution in [0.25, 0.3) is 0 Å². The predicted octanol–water partition coefficient (Wildman–Crippen LogP) is 0.962. The van der Waals surface area contributed by atoms with E-state index in [-0.39, 0.29) is 11.8 Å². The maximum absolute atomic E-state index is 11.3. The lowest BCUT2D eigenvalue weighted by Gasteiger charge is -2.28. The Bertz CT molecular complexity index is 342. The highest BCUT2D eigenvalue weighted by Gasteiger charge is 2.44. The Hall–Kier alpha value is -1.38. The van der Waals surface area contributed by atoms with E-state index in [1.54, 1.807) is 0 Å². The molecule has 4 rings (SSSR count). The third-order valence-electron chi connectivity index (χ3n) is 3.02. The highest BCUT2D eigenvalue weighted by atomic mass is 16.6. The Kier molecular flexibility index (Phi) is 1.14. The van der Waals surface area contributed by atoms with Gasteiger partial charge in [0.25, 0.3) is 0 Å². The van der Waals surface area contributed by atoms with Crippen molar-refractivity contribution in [3.63, 3.8) is 0 Å². The number of fused-ring (bicyclic) bond motifs is 1. The van der Waals surface area contributed by atoms with Crippen LogP contribution in [-0.2, 0) is 14.3 Å². The van der Waals surface area contributed by atoms with Gasteiger partial charge in [0.1, 0.15) is 0 Å². The molecule has 0 fully saturated rings. The molecular formula is C10H8O3. The van der Waals surface area contributed by atoms with Crippen LogP contribution in [0.1, 0.15) is 12.8 Å². The molecule has 3 nitrogen and oxygen atoms in total. The minimum atomic E-state index is -0.418. The third kappa shape index (κ3) is 0.742. The van der Waals surface area contributed by atoms with E-state index < -0.39 is 11.9 Å². The molecule has 0 unspecified atom stereocenters. The zero-order valence-electron chi connectivity index (χ0n) is 6.95. The summed E-state index contributed by atoms with van der Waals surface area (Å²) in [5.74, 6) is -0.559. The lowest BCUT2D eigenvalue weighted by molar-refractivity contribution is -0.151. The summed E-state index contributed by atoms with van der Waals surface area (Å²) in [7, 11) is 0. The molecule has 0 aromatic rings. The maximum Gasteiger partial charge on any atom is 0.343 e. The fraction of sp³-hybridized carbons (Fsp3) is 0.400. The Morgan fingerprint density at radius 3 is 1.85 bits per heavy atom. The lowest BCUT2D eigenvalue weighted by Crippen LogP contribution is -2.23. The number of cyclic esters (lactones) is 2. The van der Waals surface area contributed by atoms with Crippen LogP contribution in [0, 0.1) is 11.8 Å². The molecule has 66 valence electrons. The van der Waals surface area contributed by atoms with E-state index in [0.29, 0.717) is 11.1 Å². The van der Waals surface area contributed by atoms with Gasteiger partial charge in [-0.25, -0.2) is 9.59 Å². The Morgan fingerprint density at radius 2 is 1.46 bits per heavy atom. The van der Waals surface area contributed by atoms with E-state index in [0.717, 1.165) is 12.8 Å². The van der Waals surface area contributed by atoms with Crippen molar-refractivity contribution in [2.75, 3.05) is 0 Å². The maximum atomic E-state index is 11.3. The fourth-order valence-electron chi connectivity index (χ4n) is 2.42. The minimum absolute atomic E-state index is 0.138. The third-order valence-corrected chi connectivity index (χ3v) is 3.02. The Labute approximate surface area is 75.1 Å². The molecule has 3 aliphatic carbocycles. The molecule has 0 N–H and O–H groups in total. The molecule has 13 heavy (non-hydrogen) atoms. The zero-order chi connectivity index (χ0) is 9.00. The number of carbonyl (C=O) groups excluding carboxylic acids is 2.